The average molecular weight is 221 g/mol. The van der Waals surface area contributed by atoms with Gasteiger partial charge in [0.15, 0.2) is 0 Å². The van der Waals surface area contributed by atoms with Crippen LogP contribution in [0.1, 0.15) is 0 Å². The van der Waals surface area contributed by atoms with Crippen molar-refractivity contribution in [2.45, 2.75) is 6.10 Å². The number of nitrogens with one attached hydrogen (secondary N) is 1. The van der Waals surface area contributed by atoms with E-state index in [1.54, 1.807) is 14.2 Å². The van der Waals surface area contributed by atoms with E-state index in [0.717, 1.165) is 6.54 Å². The van der Waals surface area contributed by atoms with Crippen LogP contribution in [0.3, 0.4) is 0 Å². The summed E-state index contributed by atoms with van der Waals surface area (Å²) >= 11 is 0. The number of rotatable bonds is 11. The minimum Gasteiger partial charge on any atom is -0.382 e. The first-order valence-corrected chi connectivity index (χ1v) is 5.17. The standard InChI is InChI=1S/C10H23NO4/c1-11-8-10(9-13-3)15-7-6-14-5-4-12-2/h10-11H,4-9H2,1-3H3. The van der Waals surface area contributed by atoms with Gasteiger partial charge in [-0.05, 0) is 7.05 Å². The van der Waals surface area contributed by atoms with Gasteiger partial charge < -0.3 is 24.3 Å². The number of hydrogen-bond acceptors (Lipinski definition) is 5. The van der Waals surface area contributed by atoms with Crippen molar-refractivity contribution >= 4 is 0 Å². The number of ether oxygens (including phenoxy) is 4. The van der Waals surface area contributed by atoms with Gasteiger partial charge in [0, 0.05) is 20.8 Å². The Labute approximate surface area is 92.0 Å². The zero-order valence-electron chi connectivity index (χ0n) is 9.95. The lowest BCUT2D eigenvalue weighted by Crippen LogP contribution is -2.31. The van der Waals surface area contributed by atoms with Crippen LogP contribution in [0.2, 0.25) is 0 Å². The van der Waals surface area contributed by atoms with Gasteiger partial charge in [0.2, 0.25) is 0 Å². The van der Waals surface area contributed by atoms with Gasteiger partial charge in [-0.2, -0.15) is 0 Å². The molecule has 1 N–H and O–H groups in total. The Morgan fingerprint density at radius 1 is 1.00 bits per heavy atom. The first kappa shape index (κ1) is 14.8. The Balaban J connectivity index is 3.28. The third kappa shape index (κ3) is 10.1. The lowest BCUT2D eigenvalue weighted by Gasteiger charge is -2.16. The smallest absolute Gasteiger partial charge is 0.0933 e. The van der Waals surface area contributed by atoms with Crippen LogP contribution in [0.25, 0.3) is 0 Å². The Bertz CT molecular complexity index is 118. The van der Waals surface area contributed by atoms with Crippen molar-refractivity contribution in [1.82, 2.24) is 5.32 Å². The molecule has 0 spiro atoms. The van der Waals surface area contributed by atoms with E-state index in [1.807, 2.05) is 7.05 Å². The molecule has 0 saturated heterocycles. The van der Waals surface area contributed by atoms with Crippen LogP contribution in [0, 0.1) is 0 Å². The molecule has 0 amide bonds. The highest BCUT2D eigenvalue weighted by atomic mass is 16.6. The minimum absolute atomic E-state index is 0.0889. The van der Waals surface area contributed by atoms with Crippen LogP contribution in [-0.4, -0.2) is 67.0 Å². The molecule has 0 saturated carbocycles. The molecule has 0 fully saturated rings. The van der Waals surface area contributed by atoms with E-state index in [9.17, 15) is 0 Å². The maximum Gasteiger partial charge on any atom is 0.0933 e. The van der Waals surface area contributed by atoms with Crippen molar-refractivity contribution in [3.8, 4) is 0 Å². The summed E-state index contributed by atoms with van der Waals surface area (Å²) in [4.78, 5) is 0. The van der Waals surface area contributed by atoms with E-state index in [1.165, 1.54) is 0 Å². The summed E-state index contributed by atoms with van der Waals surface area (Å²) in [5, 5.41) is 3.05. The number of hydrogen-bond donors (Lipinski definition) is 1. The summed E-state index contributed by atoms with van der Waals surface area (Å²) in [7, 11) is 5.21. The fourth-order valence-electron chi connectivity index (χ4n) is 1.10. The van der Waals surface area contributed by atoms with Crippen molar-refractivity contribution in [3.63, 3.8) is 0 Å². The van der Waals surface area contributed by atoms with Gasteiger partial charge in [-0.1, -0.05) is 0 Å². The summed E-state index contributed by atoms with van der Waals surface area (Å²) in [6.07, 6.45) is 0.0889. The molecule has 0 aromatic carbocycles. The predicted octanol–water partition coefficient (Wildman–Crippen LogP) is -0.0996. The molecule has 0 aliphatic rings. The van der Waals surface area contributed by atoms with E-state index >= 15 is 0 Å². The molecule has 1 atom stereocenters. The van der Waals surface area contributed by atoms with Gasteiger partial charge in [0.1, 0.15) is 0 Å². The maximum atomic E-state index is 5.55. The summed E-state index contributed by atoms with van der Waals surface area (Å²) in [6, 6.07) is 0. The van der Waals surface area contributed by atoms with E-state index in [4.69, 9.17) is 18.9 Å². The molecule has 5 heteroatoms. The molecule has 92 valence electrons. The van der Waals surface area contributed by atoms with Crippen LogP contribution in [0.15, 0.2) is 0 Å². The normalized spacial score (nSPS) is 13.0. The topological polar surface area (TPSA) is 49.0 Å². The second-order valence-electron chi connectivity index (χ2n) is 3.11. The van der Waals surface area contributed by atoms with Crippen LogP contribution >= 0.6 is 0 Å². The van der Waals surface area contributed by atoms with Gasteiger partial charge in [0.05, 0.1) is 39.1 Å². The third-order valence-electron chi connectivity index (χ3n) is 1.80. The first-order chi connectivity index (χ1) is 7.35. The molecule has 1 unspecified atom stereocenters. The molecule has 0 rings (SSSR count). The van der Waals surface area contributed by atoms with E-state index < -0.39 is 0 Å². The first-order valence-electron chi connectivity index (χ1n) is 5.17. The Morgan fingerprint density at radius 3 is 2.33 bits per heavy atom. The fraction of sp³-hybridized carbons (Fsp3) is 1.00. The molecule has 0 aromatic heterocycles. The van der Waals surface area contributed by atoms with Crippen LogP contribution in [0.4, 0.5) is 0 Å². The highest BCUT2D eigenvalue weighted by molar-refractivity contribution is 4.58. The van der Waals surface area contributed by atoms with Gasteiger partial charge >= 0.3 is 0 Å². The van der Waals surface area contributed by atoms with Crippen molar-refractivity contribution in [3.05, 3.63) is 0 Å². The Morgan fingerprint density at radius 2 is 1.73 bits per heavy atom. The summed E-state index contributed by atoms with van der Waals surface area (Å²) in [5.74, 6) is 0. The summed E-state index contributed by atoms with van der Waals surface area (Å²) in [5.41, 5.74) is 0. The Kier molecular flexibility index (Phi) is 11.7. The highest BCUT2D eigenvalue weighted by Crippen LogP contribution is 1.91. The predicted molar refractivity (Wildman–Crippen MR) is 58.2 cm³/mol. The lowest BCUT2D eigenvalue weighted by molar-refractivity contribution is -0.0320. The quantitative estimate of drug-likeness (QED) is 0.494. The molecule has 0 aromatic rings. The number of methoxy groups -OCH3 is 2. The largest absolute Gasteiger partial charge is 0.382 e. The average Bonchev–Trinajstić information content (AvgIpc) is 2.24. The monoisotopic (exact) mass is 221 g/mol. The summed E-state index contributed by atoms with van der Waals surface area (Å²) in [6.45, 7) is 3.79. The van der Waals surface area contributed by atoms with Crippen molar-refractivity contribution < 1.29 is 18.9 Å². The molecule has 5 nitrogen and oxygen atoms in total. The van der Waals surface area contributed by atoms with Crippen LogP contribution in [-0.2, 0) is 18.9 Å². The second-order valence-corrected chi connectivity index (χ2v) is 3.11. The third-order valence-corrected chi connectivity index (χ3v) is 1.80. The van der Waals surface area contributed by atoms with Crippen molar-refractivity contribution in [1.29, 1.82) is 0 Å². The van der Waals surface area contributed by atoms with Crippen molar-refractivity contribution in [2.24, 2.45) is 0 Å². The molecular weight excluding hydrogens is 198 g/mol. The lowest BCUT2D eigenvalue weighted by atomic mass is 10.4. The Hall–Kier alpha value is -0.200. The number of likely N-dealkylation sites (N-methyl/N-ethyl adjacent to an activating group) is 1. The van der Waals surface area contributed by atoms with Gasteiger partial charge in [0.25, 0.3) is 0 Å². The highest BCUT2D eigenvalue weighted by Gasteiger charge is 2.06. The zero-order chi connectivity index (χ0) is 11.4. The van der Waals surface area contributed by atoms with Gasteiger partial charge in [-0.25, -0.2) is 0 Å². The molecule has 0 aliphatic heterocycles. The second kappa shape index (κ2) is 11.9. The molecule has 0 heterocycles. The van der Waals surface area contributed by atoms with E-state index in [0.29, 0.717) is 33.0 Å². The van der Waals surface area contributed by atoms with Crippen LogP contribution < -0.4 is 5.32 Å². The minimum atomic E-state index is 0.0889. The van der Waals surface area contributed by atoms with Gasteiger partial charge in [-0.3, -0.25) is 0 Å². The summed E-state index contributed by atoms with van der Waals surface area (Å²) < 4.78 is 20.7. The maximum absolute atomic E-state index is 5.55. The van der Waals surface area contributed by atoms with E-state index in [-0.39, 0.29) is 6.10 Å². The molecular formula is C10H23NO4. The van der Waals surface area contributed by atoms with Crippen molar-refractivity contribution in [2.75, 3.05) is 60.8 Å². The fourth-order valence-corrected chi connectivity index (χ4v) is 1.10. The SMILES string of the molecule is CNCC(COC)OCCOCCOC. The molecule has 0 bridgehead atoms. The zero-order valence-corrected chi connectivity index (χ0v) is 9.95. The van der Waals surface area contributed by atoms with Crippen LogP contribution in [0.5, 0.6) is 0 Å². The molecule has 0 radical (unpaired) electrons. The molecule has 0 aliphatic carbocycles. The van der Waals surface area contributed by atoms with Gasteiger partial charge in [-0.15, -0.1) is 0 Å². The van der Waals surface area contributed by atoms with E-state index in [2.05, 4.69) is 5.32 Å². The molecule has 15 heavy (non-hydrogen) atoms.